The Labute approximate surface area is 649 Å². The van der Waals surface area contributed by atoms with Crippen LogP contribution in [0, 0.1) is 0 Å². The fraction of sp³-hybridized carbons (Fsp3) is 0.587. The van der Waals surface area contributed by atoms with Crippen LogP contribution in [0.25, 0.3) is 22.3 Å². The molecule has 598 valence electrons. The Morgan fingerprint density at radius 3 is 0.574 bits per heavy atom. The Balaban J connectivity index is 0.629. The number of carbonyl (C=O) groups is 2. The maximum Gasteiger partial charge on any atom is 0.343 e. The van der Waals surface area contributed by atoms with Gasteiger partial charge in [0.2, 0.25) is 0 Å². The summed E-state index contributed by atoms with van der Waals surface area (Å²) in [6, 6.07) is 45.1. The second kappa shape index (κ2) is 62.9. The van der Waals surface area contributed by atoms with Crippen molar-refractivity contribution in [2.75, 3.05) is 132 Å². The average Bonchev–Trinajstić information content (AvgIpc) is 0.846. The standard InChI is InChI=1S/C92H134O16/c1-3-5-7-9-11-13-15-17-19-21-23-25-27-29-31-33-59-103-85-47-43-81(44-48-85)79-35-39-83(40-36-79)91(93)107-89-55-51-87(52-56-89)105-77-75-101-73-71-99-69-67-97-65-63-95-61-62-96-64-66-98-68-70-100-72-74-102-76-78-106-88-53-57-90(58-54-88)108-92(94)84-41-37-80(38-42-84)82-45-49-86(50-46-82)104-60-34-32-30-28-26-24-22-20-18-16-14-12-10-8-6-4-2/h35-58H,3-34,59-78H2,1-2H3. The normalized spacial score (nSPS) is 11.3. The van der Waals surface area contributed by atoms with Gasteiger partial charge >= 0.3 is 11.9 Å². The van der Waals surface area contributed by atoms with Crippen LogP contribution in [0.4, 0.5) is 0 Å². The van der Waals surface area contributed by atoms with Crippen LogP contribution in [-0.2, 0) is 37.9 Å². The van der Waals surface area contributed by atoms with Crippen LogP contribution in [-0.4, -0.2) is 144 Å². The third-order valence-corrected chi connectivity index (χ3v) is 18.8. The number of hydrogen-bond donors (Lipinski definition) is 0. The molecular weight excluding hydrogens is 1360 g/mol. The predicted octanol–water partition coefficient (Wildman–Crippen LogP) is 22.3. The summed E-state index contributed by atoms with van der Waals surface area (Å²) in [5, 5.41) is 0. The van der Waals surface area contributed by atoms with E-state index in [2.05, 4.69) is 38.1 Å². The maximum absolute atomic E-state index is 13.0. The summed E-state index contributed by atoms with van der Waals surface area (Å²) in [5.41, 5.74) is 5.08. The van der Waals surface area contributed by atoms with Gasteiger partial charge in [0.1, 0.15) is 47.7 Å². The molecule has 0 aliphatic rings. The van der Waals surface area contributed by atoms with Crippen LogP contribution < -0.4 is 28.4 Å². The number of esters is 2. The number of unbranched alkanes of at least 4 members (excludes halogenated alkanes) is 30. The smallest absolute Gasteiger partial charge is 0.343 e. The SMILES string of the molecule is CCCCCCCCCCCCCCCCCCOc1ccc(-c2ccc(C(=O)Oc3ccc(OCCOCCOCCOCCOCCOCCOCCOCCOCCOc4ccc(OC(=O)c5ccc(-c6ccc(OCCCCCCCCCCCCCCCCCC)cc6)cc5)cc4)cc3)cc2)cc1. The minimum atomic E-state index is -0.428. The minimum Gasteiger partial charge on any atom is -0.494 e. The van der Waals surface area contributed by atoms with Crippen LogP contribution in [0.1, 0.15) is 240 Å². The molecule has 0 saturated carbocycles. The van der Waals surface area contributed by atoms with Crippen LogP contribution in [0.2, 0.25) is 0 Å². The molecule has 0 unspecified atom stereocenters. The van der Waals surface area contributed by atoms with Gasteiger partial charge < -0.3 is 66.3 Å². The van der Waals surface area contributed by atoms with Gasteiger partial charge in [-0.05, 0) is 132 Å². The molecule has 6 aromatic rings. The first kappa shape index (κ1) is 90.0. The third kappa shape index (κ3) is 44.7. The number of benzene rings is 6. The van der Waals surface area contributed by atoms with Crippen LogP contribution in [0.5, 0.6) is 34.5 Å². The number of carbonyl (C=O) groups excluding carboxylic acids is 2. The lowest BCUT2D eigenvalue weighted by Gasteiger charge is -2.10. The van der Waals surface area contributed by atoms with E-state index in [1.54, 1.807) is 72.8 Å². The fourth-order valence-corrected chi connectivity index (χ4v) is 12.4. The topological polar surface area (TPSA) is 163 Å². The van der Waals surface area contributed by atoms with E-state index in [-0.39, 0.29) is 0 Å². The molecule has 0 N–H and O–H groups in total. The molecule has 16 heteroatoms. The van der Waals surface area contributed by atoms with E-state index >= 15 is 0 Å². The molecule has 0 aliphatic carbocycles. The molecule has 0 aliphatic heterocycles. The summed E-state index contributed by atoms with van der Waals surface area (Å²) in [4.78, 5) is 25.9. The highest BCUT2D eigenvalue weighted by molar-refractivity contribution is 5.92. The number of ether oxygens (including phenoxy) is 14. The summed E-state index contributed by atoms with van der Waals surface area (Å²) in [5.74, 6) is 3.07. The molecule has 0 bridgehead atoms. The maximum atomic E-state index is 13.0. The lowest BCUT2D eigenvalue weighted by molar-refractivity contribution is -0.0241. The first-order chi connectivity index (χ1) is 53.5. The average molecular weight is 1500 g/mol. The highest BCUT2D eigenvalue weighted by atomic mass is 16.6. The summed E-state index contributed by atoms with van der Waals surface area (Å²) in [6.45, 7) is 14.0. The Morgan fingerprint density at radius 2 is 0.352 bits per heavy atom. The Hall–Kier alpha value is -6.86. The van der Waals surface area contributed by atoms with Crippen molar-refractivity contribution in [2.45, 2.75) is 219 Å². The Kier molecular flexibility index (Phi) is 52.4. The van der Waals surface area contributed by atoms with E-state index in [9.17, 15) is 9.59 Å². The minimum absolute atomic E-state index is 0.367. The fourth-order valence-electron chi connectivity index (χ4n) is 12.4. The van der Waals surface area contributed by atoms with Gasteiger partial charge in [-0.25, -0.2) is 9.59 Å². The Morgan fingerprint density at radius 1 is 0.185 bits per heavy atom. The van der Waals surface area contributed by atoms with E-state index in [0.29, 0.717) is 153 Å². The molecule has 0 aromatic heterocycles. The number of rotatable bonds is 71. The molecule has 0 spiro atoms. The van der Waals surface area contributed by atoms with Crippen molar-refractivity contribution in [1.82, 2.24) is 0 Å². The summed E-state index contributed by atoms with van der Waals surface area (Å²) >= 11 is 0. The molecule has 0 fully saturated rings. The monoisotopic (exact) mass is 1490 g/mol. The summed E-state index contributed by atoms with van der Waals surface area (Å²) < 4.78 is 79.8. The van der Waals surface area contributed by atoms with E-state index in [1.807, 2.05) is 48.5 Å². The second-order valence-electron chi connectivity index (χ2n) is 27.8. The lowest BCUT2D eigenvalue weighted by atomic mass is 10.0. The first-order valence-electron chi connectivity index (χ1n) is 41.7. The molecule has 0 radical (unpaired) electrons. The van der Waals surface area contributed by atoms with Crippen molar-refractivity contribution in [2.24, 2.45) is 0 Å². The van der Waals surface area contributed by atoms with E-state index in [4.69, 9.17) is 66.3 Å². The molecule has 6 aromatic carbocycles. The lowest BCUT2D eigenvalue weighted by Crippen LogP contribution is -2.15. The molecule has 0 heterocycles. The summed E-state index contributed by atoms with van der Waals surface area (Å²) in [7, 11) is 0. The van der Waals surface area contributed by atoms with Gasteiger partial charge in [-0.1, -0.05) is 255 Å². The zero-order chi connectivity index (χ0) is 75.7. The van der Waals surface area contributed by atoms with Crippen LogP contribution in [0.15, 0.2) is 146 Å². The zero-order valence-corrected chi connectivity index (χ0v) is 66.2. The van der Waals surface area contributed by atoms with Gasteiger partial charge in [0.15, 0.2) is 0 Å². The largest absolute Gasteiger partial charge is 0.494 e. The second-order valence-corrected chi connectivity index (χ2v) is 27.8. The van der Waals surface area contributed by atoms with E-state index in [1.165, 1.54) is 193 Å². The van der Waals surface area contributed by atoms with Crippen molar-refractivity contribution in [3.05, 3.63) is 157 Å². The van der Waals surface area contributed by atoms with Crippen LogP contribution >= 0.6 is 0 Å². The molecule has 6 rings (SSSR count). The quantitative estimate of drug-likeness (QED) is 0.0201. The highest BCUT2D eigenvalue weighted by Gasteiger charge is 2.13. The molecular formula is C92H134O16. The Bertz CT molecular complexity index is 2860. The van der Waals surface area contributed by atoms with Gasteiger partial charge in [-0.2, -0.15) is 0 Å². The summed E-state index contributed by atoms with van der Waals surface area (Å²) in [6.07, 6.45) is 43.5. The highest BCUT2D eigenvalue weighted by Crippen LogP contribution is 2.28. The van der Waals surface area contributed by atoms with Gasteiger partial charge in [0.25, 0.3) is 0 Å². The predicted molar refractivity (Wildman–Crippen MR) is 434 cm³/mol. The van der Waals surface area contributed by atoms with E-state index < -0.39 is 11.9 Å². The van der Waals surface area contributed by atoms with Crippen molar-refractivity contribution in [1.29, 1.82) is 0 Å². The molecule has 16 nitrogen and oxygen atoms in total. The van der Waals surface area contributed by atoms with Crippen molar-refractivity contribution < 1.29 is 75.9 Å². The van der Waals surface area contributed by atoms with Crippen molar-refractivity contribution >= 4 is 11.9 Å². The molecule has 0 amide bonds. The van der Waals surface area contributed by atoms with Gasteiger partial charge in [0, 0.05) is 0 Å². The van der Waals surface area contributed by atoms with Gasteiger partial charge in [-0.15, -0.1) is 0 Å². The molecule has 108 heavy (non-hydrogen) atoms. The van der Waals surface area contributed by atoms with Crippen molar-refractivity contribution in [3.8, 4) is 56.8 Å². The van der Waals surface area contributed by atoms with Gasteiger partial charge in [-0.3, -0.25) is 0 Å². The van der Waals surface area contributed by atoms with E-state index in [0.717, 1.165) is 59.8 Å². The zero-order valence-electron chi connectivity index (χ0n) is 66.2. The molecule has 0 atom stereocenters. The number of hydrogen-bond acceptors (Lipinski definition) is 16. The molecule has 0 saturated heterocycles. The van der Waals surface area contributed by atoms with Crippen molar-refractivity contribution in [3.63, 3.8) is 0 Å². The third-order valence-electron chi connectivity index (χ3n) is 18.8. The van der Waals surface area contributed by atoms with Gasteiger partial charge in [0.05, 0.1) is 130 Å². The first-order valence-corrected chi connectivity index (χ1v) is 41.7. The van der Waals surface area contributed by atoms with Crippen LogP contribution in [0.3, 0.4) is 0 Å².